The Morgan fingerprint density at radius 2 is 1.86 bits per heavy atom. The predicted octanol–water partition coefficient (Wildman–Crippen LogP) is 6.54. The Bertz CT molecular complexity index is 650. The smallest absolute Gasteiger partial charge is 0.0991 e. The molecule has 1 aromatic carbocycles. The minimum atomic E-state index is -0.0644. The van der Waals surface area contributed by atoms with Crippen molar-refractivity contribution >= 4 is 23.2 Å². The Morgan fingerprint density at radius 1 is 1.07 bits per heavy atom. The predicted molar refractivity (Wildman–Crippen MR) is 116 cm³/mol. The normalized spacial score (nSPS) is 12.4. The van der Waals surface area contributed by atoms with Crippen molar-refractivity contribution in [3.63, 3.8) is 0 Å². The number of rotatable bonds is 15. The van der Waals surface area contributed by atoms with Crippen LogP contribution in [0.2, 0.25) is 10.0 Å². The Balaban J connectivity index is 1.71. The lowest BCUT2D eigenvalue weighted by atomic mass is 10.1. The van der Waals surface area contributed by atoms with Crippen molar-refractivity contribution in [2.24, 2.45) is 0 Å². The zero-order chi connectivity index (χ0) is 20.0. The minimum Gasteiger partial charge on any atom is -0.379 e. The standard InChI is InChI=1S/C22H32Cl2N2O2/c1-2-3-4-5-6-7-8-13-27-17-21(15-26-12-11-25-18-26)28-16-19-9-10-20(23)14-22(19)24/h9-12,14,18,21H,2-8,13,15-17H2,1H3. The molecular formula is C22H32Cl2N2O2. The number of unbranched alkanes of at least 4 members (excludes halogenated alkanes) is 6. The summed E-state index contributed by atoms with van der Waals surface area (Å²) in [7, 11) is 0. The summed E-state index contributed by atoms with van der Waals surface area (Å²) in [5.74, 6) is 0. The second-order valence-electron chi connectivity index (χ2n) is 7.12. The molecule has 0 spiro atoms. The fourth-order valence-corrected chi connectivity index (χ4v) is 3.47. The van der Waals surface area contributed by atoms with Gasteiger partial charge in [-0.15, -0.1) is 0 Å². The fourth-order valence-electron chi connectivity index (χ4n) is 3.01. The van der Waals surface area contributed by atoms with Crippen molar-refractivity contribution in [2.75, 3.05) is 13.2 Å². The lowest BCUT2D eigenvalue weighted by Gasteiger charge is -2.19. The van der Waals surface area contributed by atoms with Crippen molar-refractivity contribution in [1.82, 2.24) is 9.55 Å². The third-order valence-corrected chi connectivity index (χ3v) is 5.25. The van der Waals surface area contributed by atoms with Crippen LogP contribution in [0.15, 0.2) is 36.9 Å². The van der Waals surface area contributed by atoms with E-state index >= 15 is 0 Å². The molecule has 0 saturated heterocycles. The van der Waals surface area contributed by atoms with Gasteiger partial charge in [-0.25, -0.2) is 4.98 Å². The van der Waals surface area contributed by atoms with Crippen LogP contribution in [0.25, 0.3) is 0 Å². The molecule has 1 heterocycles. The molecule has 0 aliphatic heterocycles. The van der Waals surface area contributed by atoms with E-state index in [1.165, 1.54) is 38.5 Å². The second-order valence-corrected chi connectivity index (χ2v) is 7.97. The van der Waals surface area contributed by atoms with E-state index in [2.05, 4.69) is 11.9 Å². The first-order valence-corrected chi connectivity index (χ1v) is 11.0. The van der Waals surface area contributed by atoms with Crippen LogP contribution in [0.3, 0.4) is 0 Å². The quantitative estimate of drug-likeness (QED) is 0.303. The van der Waals surface area contributed by atoms with Crippen LogP contribution in [0, 0.1) is 0 Å². The zero-order valence-corrected chi connectivity index (χ0v) is 18.3. The van der Waals surface area contributed by atoms with E-state index in [0.29, 0.717) is 29.8 Å². The average Bonchev–Trinajstić information content (AvgIpc) is 3.18. The highest BCUT2D eigenvalue weighted by atomic mass is 35.5. The van der Waals surface area contributed by atoms with Gasteiger partial charge in [-0.3, -0.25) is 0 Å². The first kappa shape index (κ1) is 23.2. The Kier molecular flexibility index (Phi) is 11.6. The van der Waals surface area contributed by atoms with Crippen LogP contribution in [0.1, 0.15) is 57.4 Å². The molecule has 156 valence electrons. The molecule has 0 aliphatic rings. The summed E-state index contributed by atoms with van der Waals surface area (Å²) in [6.07, 6.45) is 14.4. The van der Waals surface area contributed by atoms with Gasteiger partial charge in [-0.2, -0.15) is 0 Å². The molecule has 2 aromatic rings. The van der Waals surface area contributed by atoms with Gasteiger partial charge < -0.3 is 14.0 Å². The van der Waals surface area contributed by atoms with Crippen LogP contribution >= 0.6 is 23.2 Å². The summed E-state index contributed by atoms with van der Waals surface area (Å²) in [5.41, 5.74) is 0.925. The van der Waals surface area contributed by atoms with Gasteiger partial charge in [0.05, 0.1) is 32.2 Å². The molecule has 0 bridgehead atoms. The van der Waals surface area contributed by atoms with Gasteiger partial charge in [0.1, 0.15) is 0 Å². The molecule has 0 N–H and O–H groups in total. The van der Waals surface area contributed by atoms with E-state index in [9.17, 15) is 0 Å². The Morgan fingerprint density at radius 3 is 2.57 bits per heavy atom. The van der Waals surface area contributed by atoms with Crippen LogP contribution in [0.4, 0.5) is 0 Å². The van der Waals surface area contributed by atoms with Crippen LogP contribution < -0.4 is 0 Å². The minimum absolute atomic E-state index is 0.0644. The molecule has 0 fully saturated rings. The van der Waals surface area contributed by atoms with Crippen LogP contribution in [-0.4, -0.2) is 28.9 Å². The zero-order valence-electron chi connectivity index (χ0n) is 16.8. The highest BCUT2D eigenvalue weighted by Crippen LogP contribution is 2.22. The molecule has 0 aliphatic carbocycles. The third kappa shape index (κ3) is 9.42. The third-order valence-electron chi connectivity index (χ3n) is 4.66. The fraction of sp³-hybridized carbons (Fsp3) is 0.591. The van der Waals surface area contributed by atoms with Crippen LogP contribution in [-0.2, 0) is 22.6 Å². The lowest BCUT2D eigenvalue weighted by molar-refractivity contribution is -0.0333. The first-order valence-electron chi connectivity index (χ1n) is 10.3. The number of benzene rings is 1. The first-order chi connectivity index (χ1) is 13.7. The number of hydrogen-bond acceptors (Lipinski definition) is 3. The van der Waals surface area contributed by atoms with Gasteiger partial charge in [0.25, 0.3) is 0 Å². The van der Waals surface area contributed by atoms with Gasteiger partial charge >= 0.3 is 0 Å². The Labute approximate surface area is 179 Å². The highest BCUT2D eigenvalue weighted by molar-refractivity contribution is 6.35. The molecule has 1 aromatic heterocycles. The number of ether oxygens (including phenoxy) is 2. The number of halogens is 2. The molecule has 0 radical (unpaired) electrons. The topological polar surface area (TPSA) is 36.3 Å². The van der Waals surface area contributed by atoms with Crippen LogP contribution in [0.5, 0.6) is 0 Å². The van der Waals surface area contributed by atoms with E-state index in [0.717, 1.165) is 18.6 Å². The molecular weight excluding hydrogens is 395 g/mol. The summed E-state index contributed by atoms with van der Waals surface area (Å²) in [6, 6.07) is 5.47. The molecule has 1 atom stereocenters. The monoisotopic (exact) mass is 426 g/mol. The van der Waals surface area contributed by atoms with E-state index in [1.54, 1.807) is 18.6 Å². The highest BCUT2D eigenvalue weighted by Gasteiger charge is 2.12. The lowest BCUT2D eigenvalue weighted by Crippen LogP contribution is -2.25. The summed E-state index contributed by atoms with van der Waals surface area (Å²) in [6.45, 7) is 4.70. The molecule has 2 rings (SSSR count). The molecule has 0 saturated carbocycles. The van der Waals surface area contributed by atoms with Crippen molar-refractivity contribution in [3.8, 4) is 0 Å². The Hall–Kier alpha value is -1.07. The molecule has 28 heavy (non-hydrogen) atoms. The van der Waals surface area contributed by atoms with E-state index in [4.69, 9.17) is 32.7 Å². The average molecular weight is 427 g/mol. The van der Waals surface area contributed by atoms with Gasteiger partial charge in [-0.1, -0.05) is 74.7 Å². The maximum atomic E-state index is 6.25. The second kappa shape index (κ2) is 14.0. The number of aromatic nitrogens is 2. The number of hydrogen-bond donors (Lipinski definition) is 0. The summed E-state index contributed by atoms with van der Waals surface area (Å²) < 4.78 is 14.0. The van der Waals surface area contributed by atoms with Crippen molar-refractivity contribution in [1.29, 1.82) is 0 Å². The summed E-state index contributed by atoms with van der Waals surface area (Å²) in [5, 5.41) is 1.25. The van der Waals surface area contributed by atoms with Gasteiger partial charge in [-0.05, 0) is 24.1 Å². The van der Waals surface area contributed by atoms with Crippen molar-refractivity contribution in [2.45, 2.75) is 71.1 Å². The van der Waals surface area contributed by atoms with E-state index in [-0.39, 0.29) is 6.10 Å². The number of nitrogens with zero attached hydrogens (tertiary/aromatic N) is 2. The maximum Gasteiger partial charge on any atom is 0.0991 e. The SMILES string of the molecule is CCCCCCCCCOCC(Cn1ccnc1)OCc1ccc(Cl)cc1Cl. The number of imidazole rings is 1. The summed E-state index contributed by atoms with van der Waals surface area (Å²) >= 11 is 12.2. The van der Waals surface area contributed by atoms with Gasteiger partial charge in [0, 0.05) is 29.0 Å². The van der Waals surface area contributed by atoms with Gasteiger partial charge in [0.2, 0.25) is 0 Å². The van der Waals surface area contributed by atoms with Crippen molar-refractivity contribution in [3.05, 3.63) is 52.5 Å². The summed E-state index contributed by atoms with van der Waals surface area (Å²) in [4.78, 5) is 4.10. The molecule has 0 amide bonds. The van der Waals surface area contributed by atoms with Gasteiger partial charge in [0.15, 0.2) is 0 Å². The van der Waals surface area contributed by atoms with Crippen molar-refractivity contribution < 1.29 is 9.47 Å². The van der Waals surface area contributed by atoms with E-state index < -0.39 is 0 Å². The maximum absolute atomic E-state index is 6.25. The molecule has 4 nitrogen and oxygen atoms in total. The van der Waals surface area contributed by atoms with E-state index in [1.807, 2.05) is 22.9 Å². The largest absolute Gasteiger partial charge is 0.379 e. The molecule has 1 unspecified atom stereocenters. The molecule has 6 heteroatoms.